The number of amides is 1. The SMILES string of the molecule is CCN(CC)Cc1cccc(NC(=O)C2(O)CCSC2)c1. The first-order chi connectivity index (χ1) is 10.1. The third kappa shape index (κ3) is 4.22. The van der Waals surface area contributed by atoms with Crippen LogP contribution in [0.15, 0.2) is 24.3 Å². The maximum absolute atomic E-state index is 12.2. The molecule has 1 saturated heterocycles. The highest BCUT2D eigenvalue weighted by Gasteiger charge is 2.39. The Morgan fingerprint density at radius 2 is 2.19 bits per heavy atom. The number of anilines is 1. The third-order valence-electron chi connectivity index (χ3n) is 3.91. The quantitative estimate of drug-likeness (QED) is 0.847. The molecule has 0 aromatic heterocycles. The molecule has 0 spiro atoms. The van der Waals surface area contributed by atoms with E-state index < -0.39 is 5.60 Å². The molecular weight excluding hydrogens is 284 g/mol. The first-order valence-corrected chi connectivity index (χ1v) is 8.65. The molecule has 1 heterocycles. The number of carbonyl (C=O) groups is 1. The van der Waals surface area contributed by atoms with Gasteiger partial charge < -0.3 is 10.4 Å². The number of hydrogen-bond donors (Lipinski definition) is 2. The topological polar surface area (TPSA) is 52.6 Å². The number of benzene rings is 1. The summed E-state index contributed by atoms with van der Waals surface area (Å²) in [6.07, 6.45) is 0.530. The molecule has 1 fully saturated rings. The van der Waals surface area contributed by atoms with Crippen LogP contribution < -0.4 is 5.32 Å². The van der Waals surface area contributed by atoms with Crippen molar-refractivity contribution in [3.05, 3.63) is 29.8 Å². The smallest absolute Gasteiger partial charge is 0.257 e. The average Bonchev–Trinajstić information content (AvgIpc) is 2.93. The summed E-state index contributed by atoms with van der Waals surface area (Å²) in [7, 11) is 0. The first kappa shape index (κ1) is 16.3. The minimum absolute atomic E-state index is 0.285. The van der Waals surface area contributed by atoms with Crippen molar-refractivity contribution >= 4 is 23.4 Å². The molecule has 21 heavy (non-hydrogen) atoms. The summed E-state index contributed by atoms with van der Waals surface area (Å²) < 4.78 is 0. The molecule has 0 aliphatic carbocycles. The van der Waals surface area contributed by atoms with Crippen LogP contribution in [0.5, 0.6) is 0 Å². The minimum Gasteiger partial charge on any atom is -0.379 e. The molecule has 1 atom stereocenters. The Labute approximate surface area is 130 Å². The second-order valence-electron chi connectivity index (χ2n) is 5.45. The average molecular weight is 308 g/mol. The van der Waals surface area contributed by atoms with Gasteiger partial charge in [-0.05, 0) is 43.0 Å². The number of aliphatic hydroxyl groups is 1. The fraction of sp³-hybridized carbons (Fsp3) is 0.562. The summed E-state index contributed by atoms with van der Waals surface area (Å²) in [5, 5.41) is 13.1. The van der Waals surface area contributed by atoms with Gasteiger partial charge >= 0.3 is 0 Å². The van der Waals surface area contributed by atoms with Crippen LogP contribution in [0.1, 0.15) is 25.8 Å². The summed E-state index contributed by atoms with van der Waals surface area (Å²) in [6.45, 7) is 7.16. The molecule has 1 aliphatic rings. The molecule has 1 aliphatic heterocycles. The third-order valence-corrected chi connectivity index (χ3v) is 5.08. The van der Waals surface area contributed by atoms with Gasteiger partial charge in [0.15, 0.2) is 5.60 Å². The van der Waals surface area contributed by atoms with Crippen LogP contribution in [0.4, 0.5) is 5.69 Å². The lowest BCUT2D eigenvalue weighted by atomic mass is 10.0. The predicted octanol–water partition coefficient (Wildman–Crippen LogP) is 2.33. The molecule has 1 aromatic rings. The number of hydrogen-bond acceptors (Lipinski definition) is 4. The van der Waals surface area contributed by atoms with Crippen molar-refractivity contribution < 1.29 is 9.90 Å². The Balaban J connectivity index is 2.02. The number of thioether (sulfide) groups is 1. The maximum Gasteiger partial charge on any atom is 0.257 e. The van der Waals surface area contributed by atoms with Crippen molar-refractivity contribution in [1.29, 1.82) is 0 Å². The van der Waals surface area contributed by atoms with Gasteiger partial charge in [0.05, 0.1) is 0 Å². The van der Waals surface area contributed by atoms with E-state index in [-0.39, 0.29) is 5.91 Å². The molecule has 116 valence electrons. The number of rotatable bonds is 6. The lowest BCUT2D eigenvalue weighted by Gasteiger charge is -2.21. The van der Waals surface area contributed by atoms with E-state index >= 15 is 0 Å². The zero-order chi connectivity index (χ0) is 15.3. The molecule has 0 saturated carbocycles. The lowest BCUT2D eigenvalue weighted by Crippen LogP contribution is -2.42. The van der Waals surface area contributed by atoms with Crippen molar-refractivity contribution in [2.75, 3.05) is 29.9 Å². The molecule has 0 bridgehead atoms. The molecule has 1 aromatic carbocycles. The highest BCUT2D eigenvalue weighted by molar-refractivity contribution is 7.99. The van der Waals surface area contributed by atoms with Gasteiger partial charge in [-0.15, -0.1) is 0 Å². The van der Waals surface area contributed by atoms with Crippen molar-refractivity contribution in [2.45, 2.75) is 32.4 Å². The normalized spacial score (nSPS) is 21.7. The van der Waals surface area contributed by atoms with Crippen molar-refractivity contribution in [3.8, 4) is 0 Å². The van der Waals surface area contributed by atoms with Crippen LogP contribution >= 0.6 is 11.8 Å². The standard InChI is InChI=1S/C16H24N2O2S/c1-3-18(4-2)11-13-6-5-7-14(10-13)17-15(19)16(20)8-9-21-12-16/h5-7,10,20H,3-4,8-9,11-12H2,1-2H3,(H,17,19). The summed E-state index contributed by atoms with van der Waals surface area (Å²) in [5.74, 6) is 1.04. The van der Waals surface area contributed by atoms with Crippen LogP contribution in [0.3, 0.4) is 0 Å². The Bertz CT molecular complexity index is 483. The van der Waals surface area contributed by atoms with E-state index in [0.29, 0.717) is 12.2 Å². The van der Waals surface area contributed by atoms with Gasteiger partial charge in [0.25, 0.3) is 5.91 Å². The molecule has 2 rings (SSSR count). The Hall–Kier alpha value is -1.04. The van der Waals surface area contributed by atoms with Crippen molar-refractivity contribution in [2.24, 2.45) is 0 Å². The zero-order valence-electron chi connectivity index (χ0n) is 12.8. The largest absolute Gasteiger partial charge is 0.379 e. The second kappa shape index (κ2) is 7.29. The van der Waals surface area contributed by atoms with E-state index in [9.17, 15) is 9.90 Å². The molecular formula is C16H24N2O2S. The Kier molecular flexibility index (Phi) is 5.67. The fourth-order valence-corrected chi connectivity index (χ4v) is 3.67. The first-order valence-electron chi connectivity index (χ1n) is 7.50. The van der Waals surface area contributed by atoms with E-state index in [1.54, 1.807) is 11.8 Å². The summed E-state index contributed by atoms with van der Waals surface area (Å²) in [5.41, 5.74) is 0.721. The molecule has 5 heteroatoms. The van der Waals surface area contributed by atoms with Crippen molar-refractivity contribution in [3.63, 3.8) is 0 Å². The van der Waals surface area contributed by atoms with E-state index in [4.69, 9.17) is 0 Å². The van der Waals surface area contributed by atoms with Gasteiger partial charge in [-0.25, -0.2) is 0 Å². The molecule has 1 amide bonds. The highest BCUT2D eigenvalue weighted by atomic mass is 32.2. The molecule has 0 radical (unpaired) electrons. The maximum atomic E-state index is 12.2. The number of nitrogens with zero attached hydrogens (tertiary/aromatic N) is 1. The second-order valence-corrected chi connectivity index (χ2v) is 6.56. The Morgan fingerprint density at radius 1 is 1.43 bits per heavy atom. The van der Waals surface area contributed by atoms with Crippen molar-refractivity contribution in [1.82, 2.24) is 4.90 Å². The predicted molar refractivity (Wildman–Crippen MR) is 88.6 cm³/mol. The van der Waals surface area contributed by atoms with Gasteiger partial charge in [0, 0.05) is 18.0 Å². The van der Waals surface area contributed by atoms with E-state index in [1.165, 1.54) is 5.56 Å². The number of carbonyl (C=O) groups excluding carboxylic acids is 1. The van der Waals surface area contributed by atoms with Crippen LogP contribution in [0.25, 0.3) is 0 Å². The lowest BCUT2D eigenvalue weighted by molar-refractivity contribution is -0.131. The van der Waals surface area contributed by atoms with E-state index in [0.717, 1.165) is 31.1 Å². The molecule has 1 unspecified atom stereocenters. The van der Waals surface area contributed by atoms with Crippen LogP contribution in [-0.4, -0.2) is 46.1 Å². The van der Waals surface area contributed by atoms with Crippen LogP contribution in [-0.2, 0) is 11.3 Å². The van der Waals surface area contributed by atoms with Gasteiger partial charge in [-0.1, -0.05) is 26.0 Å². The molecule has 2 N–H and O–H groups in total. The monoisotopic (exact) mass is 308 g/mol. The van der Waals surface area contributed by atoms with E-state index in [2.05, 4.69) is 30.1 Å². The zero-order valence-corrected chi connectivity index (χ0v) is 13.6. The summed E-state index contributed by atoms with van der Waals surface area (Å²) in [4.78, 5) is 14.5. The summed E-state index contributed by atoms with van der Waals surface area (Å²) in [6, 6.07) is 7.87. The minimum atomic E-state index is -1.21. The number of nitrogens with one attached hydrogen (secondary N) is 1. The summed E-state index contributed by atoms with van der Waals surface area (Å²) >= 11 is 1.62. The highest BCUT2D eigenvalue weighted by Crippen LogP contribution is 2.29. The van der Waals surface area contributed by atoms with Crippen LogP contribution in [0, 0.1) is 0 Å². The van der Waals surface area contributed by atoms with Gasteiger partial charge in [-0.2, -0.15) is 11.8 Å². The Morgan fingerprint density at radius 3 is 2.81 bits per heavy atom. The van der Waals surface area contributed by atoms with Gasteiger partial charge in [0.1, 0.15) is 0 Å². The molecule has 4 nitrogen and oxygen atoms in total. The van der Waals surface area contributed by atoms with Crippen LogP contribution in [0.2, 0.25) is 0 Å². The fourth-order valence-electron chi connectivity index (χ4n) is 2.43. The van der Waals surface area contributed by atoms with E-state index in [1.807, 2.05) is 18.2 Å². The van der Waals surface area contributed by atoms with Gasteiger partial charge in [0.2, 0.25) is 0 Å². The van der Waals surface area contributed by atoms with Gasteiger partial charge in [-0.3, -0.25) is 9.69 Å².